The van der Waals surface area contributed by atoms with Crippen LogP contribution in [-0.4, -0.2) is 59.5 Å². The zero-order chi connectivity index (χ0) is 20.9. The van der Waals surface area contributed by atoms with Gasteiger partial charge in [0.15, 0.2) is 6.61 Å². The van der Waals surface area contributed by atoms with Gasteiger partial charge in [0.2, 0.25) is 0 Å². The van der Waals surface area contributed by atoms with Gasteiger partial charge in [-0.05, 0) is 36.4 Å². The summed E-state index contributed by atoms with van der Waals surface area (Å²) >= 11 is 0. The van der Waals surface area contributed by atoms with Crippen LogP contribution >= 0.6 is 0 Å². The highest BCUT2D eigenvalue weighted by atomic mass is 19.1. The number of hydrogen-bond donors (Lipinski definition) is 1. The predicted molar refractivity (Wildman–Crippen MR) is 109 cm³/mol. The topological polar surface area (TPSA) is 78.5 Å². The van der Waals surface area contributed by atoms with Crippen molar-refractivity contribution in [1.82, 2.24) is 14.9 Å². The number of carbonyl (C=O) groups excluding carboxylic acids is 2. The predicted octanol–water partition coefficient (Wildman–Crippen LogP) is 2.72. The number of H-pyrrole nitrogens is 1. The lowest BCUT2D eigenvalue weighted by Gasteiger charge is -2.36. The standard InChI is InChI=1S/C22H21FN4O3/c23-18-5-7-19(8-6-18)26-11-13-27(14-12-26)20(28)15-30-22(29)17-3-1-16(2-4-17)21-24-9-10-25-21/h1-10H,11-15H2,(H,24,25). The molecule has 1 aliphatic heterocycles. The summed E-state index contributed by atoms with van der Waals surface area (Å²) in [6, 6.07) is 13.1. The highest BCUT2D eigenvalue weighted by Crippen LogP contribution is 2.18. The number of anilines is 1. The molecule has 1 amide bonds. The van der Waals surface area contributed by atoms with Crippen molar-refractivity contribution in [2.45, 2.75) is 0 Å². The number of piperazine rings is 1. The molecule has 4 rings (SSSR count). The molecule has 0 aliphatic carbocycles. The van der Waals surface area contributed by atoms with Gasteiger partial charge >= 0.3 is 5.97 Å². The molecule has 2 aromatic carbocycles. The van der Waals surface area contributed by atoms with Gasteiger partial charge < -0.3 is 19.5 Å². The summed E-state index contributed by atoms with van der Waals surface area (Å²) in [5, 5.41) is 0. The molecule has 3 aromatic rings. The fourth-order valence-electron chi connectivity index (χ4n) is 3.36. The molecule has 7 nitrogen and oxygen atoms in total. The van der Waals surface area contributed by atoms with Crippen LogP contribution in [0.25, 0.3) is 11.4 Å². The van der Waals surface area contributed by atoms with E-state index in [-0.39, 0.29) is 18.3 Å². The quantitative estimate of drug-likeness (QED) is 0.657. The van der Waals surface area contributed by atoms with Crippen LogP contribution in [0.15, 0.2) is 60.9 Å². The van der Waals surface area contributed by atoms with E-state index >= 15 is 0 Å². The third kappa shape index (κ3) is 4.48. The molecule has 1 saturated heterocycles. The van der Waals surface area contributed by atoms with E-state index in [0.717, 1.165) is 11.3 Å². The number of imidazole rings is 1. The van der Waals surface area contributed by atoms with E-state index in [2.05, 4.69) is 14.9 Å². The molecule has 0 atom stereocenters. The monoisotopic (exact) mass is 408 g/mol. The van der Waals surface area contributed by atoms with E-state index < -0.39 is 5.97 Å². The Morgan fingerprint density at radius 2 is 1.70 bits per heavy atom. The Labute approximate surface area is 173 Å². The fraction of sp³-hybridized carbons (Fsp3) is 0.227. The van der Waals surface area contributed by atoms with Crippen molar-refractivity contribution in [3.05, 3.63) is 72.3 Å². The van der Waals surface area contributed by atoms with Crippen LogP contribution in [0.1, 0.15) is 10.4 Å². The zero-order valence-electron chi connectivity index (χ0n) is 16.3. The molecule has 8 heteroatoms. The lowest BCUT2D eigenvalue weighted by Crippen LogP contribution is -2.49. The number of halogens is 1. The first-order valence-corrected chi connectivity index (χ1v) is 9.65. The molecule has 30 heavy (non-hydrogen) atoms. The fourth-order valence-corrected chi connectivity index (χ4v) is 3.36. The lowest BCUT2D eigenvalue weighted by atomic mass is 10.1. The van der Waals surface area contributed by atoms with Gasteiger partial charge in [-0.2, -0.15) is 0 Å². The second kappa shape index (κ2) is 8.77. The summed E-state index contributed by atoms with van der Waals surface area (Å²) in [6.07, 6.45) is 3.38. The summed E-state index contributed by atoms with van der Waals surface area (Å²) in [7, 11) is 0. The van der Waals surface area contributed by atoms with E-state index in [1.54, 1.807) is 53.7 Å². The summed E-state index contributed by atoms with van der Waals surface area (Å²) in [5.74, 6) is -0.330. The van der Waals surface area contributed by atoms with Crippen molar-refractivity contribution in [2.24, 2.45) is 0 Å². The van der Waals surface area contributed by atoms with Crippen molar-refractivity contribution in [2.75, 3.05) is 37.7 Å². The Balaban J connectivity index is 1.25. The summed E-state index contributed by atoms with van der Waals surface area (Å²) in [6.45, 7) is 2.02. The molecular formula is C22H21FN4O3. The first-order valence-electron chi connectivity index (χ1n) is 9.65. The number of hydrogen-bond acceptors (Lipinski definition) is 5. The Morgan fingerprint density at radius 3 is 2.33 bits per heavy atom. The molecule has 1 N–H and O–H groups in total. The van der Waals surface area contributed by atoms with Crippen molar-refractivity contribution in [1.29, 1.82) is 0 Å². The van der Waals surface area contributed by atoms with Crippen LogP contribution < -0.4 is 4.90 Å². The maximum Gasteiger partial charge on any atom is 0.338 e. The number of carbonyl (C=O) groups is 2. The van der Waals surface area contributed by atoms with Gasteiger partial charge in [-0.3, -0.25) is 4.79 Å². The molecule has 154 valence electrons. The summed E-state index contributed by atoms with van der Waals surface area (Å²) < 4.78 is 18.3. The number of aromatic amines is 1. The molecule has 0 saturated carbocycles. The average Bonchev–Trinajstić information content (AvgIpc) is 3.33. The highest BCUT2D eigenvalue weighted by Gasteiger charge is 2.22. The highest BCUT2D eigenvalue weighted by molar-refractivity contribution is 5.91. The largest absolute Gasteiger partial charge is 0.452 e. The number of amides is 1. The number of benzene rings is 2. The van der Waals surface area contributed by atoms with Crippen LogP contribution in [0.4, 0.5) is 10.1 Å². The van der Waals surface area contributed by atoms with E-state index in [4.69, 9.17) is 4.74 Å². The Kier molecular flexibility index (Phi) is 5.74. The van der Waals surface area contributed by atoms with Gasteiger partial charge in [0.05, 0.1) is 5.56 Å². The molecule has 0 bridgehead atoms. The zero-order valence-corrected chi connectivity index (χ0v) is 16.3. The van der Waals surface area contributed by atoms with Crippen molar-refractivity contribution in [3.8, 4) is 11.4 Å². The maximum atomic E-state index is 13.1. The molecular weight excluding hydrogens is 387 g/mol. The van der Waals surface area contributed by atoms with Crippen LogP contribution in [0, 0.1) is 5.82 Å². The van der Waals surface area contributed by atoms with Crippen LogP contribution in [0.5, 0.6) is 0 Å². The van der Waals surface area contributed by atoms with Gasteiger partial charge in [0.25, 0.3) is 5.91 Å². The minimum Gasteiger partial charge on any atom is -0.452 e. The molecule has 0 spiro atoms. The van der Waals surface area contributed by atoms with E-state index in [9.17, 15) is 14.0 Å². The maximum absolute atomic E-state index is 13.1. The van der Waals surface area contributed by atoms with E-state index in [0.29, 0.717) is 37.6 Å². The van der Waals surface area contributed by atoms with Crippen molar-refractivity contribution < 1.29 is 18.7 Å². The van der Waals surface area contributed by atoms with Crippen molar-refractivity contribution in [3.63, 3.8) is 0 Å². The Hall–Kier alpha value is -3.68. The number of esters is 1. The molecule has 0 radical (unpaired) electrons. The number of ether oxygens (including phenoxy) is 1. The minimum atomic E-state index is -0.542. The van der Waals surface area contributed by atoms with E-state index in [1.807, 2.05) is 0 Å². The SMILES string of the molecule is O=C(OCC(=O)N1CCN(c2ccc(F)cc2)CC1)c1ccc(-c2ncc[nH]2)cc1. The van der Waals surface area contributed by atoms with Crippen LogP contribution in [0.2, 0.25) is 0 Å². The van der Waals surface area contributed by atoms with Gasteiger partial charge in [-0.1, -0.05) is 12.1 Å². The minimum absolute atomic E-state index is 0.227. The van der Waals surface area contributed by atoms with Crippen molar-refractivity contribution >= 4 is 17.6 Å². The second-order valence-electron chi connectivity index (χ2n) is 6.94. The number of rotatable bonds is 5. The second-order valence-corrected chi connectivity index (χ2v) is 6.94. The lowest BCUT2D eigenvalue weighted by molar-refractivity contribution is -0.134. The number of aromatic nitrogens is 2. The van der Waals surface area contributed by atoms with Gasteiger partial charge in [0.1, 0.15) is 11.6 Å². The molecule has 2 heterocycles. The van der Waals surface area contributed by atoms with E-state index in [1.165, 1.54) is 12.1 Å². The third-order valence-electron chi connectivity index (χ3n) is 5.04. The third-order valence-corrected chi connectivity index (χ3v) is 5.04. The number of nitrogens with one attached hydrogen (secondary N) is 1. The normalized spacial score (nSPS) is 13.9. The Morgan fingerprint density at radius 1 is 1.00 bits per heavy atom. The van der Waals surface area contributed by atoms with Crippen LogP contribution in [0.3, 0.4) is 0 Å². The first-order chi connectivity index (χ1) is 14.6. The average molecular weight is 408 g/mol. The first kappa shape index (κ1) is 19.6. The molecule has 1 aliphatic rings. The smallest absolute Gasteiger partial charge is 0.338 e. The van der Waals surface area contributed by atoms with Gasteiger partial charge in [-0.15, -0.1) is 0 Å². The van der Waals surface area contributed by atoms with Gasteiger partial charge in [-0.25, -0.2) is 14.2 Å². The molecule has 0 unspecified atom stereocenters. The Bertz CT molecular complexity index is 996. The van der Waals surface area contributed by atoms with Gasteiger partial charge in [0, 0.05) is 49.8 Å². The summed E-state index contributed by atoms with van der Waals surface area (Å²) in [5.41, 5.74) is 2.15. The molecule has 1 fully saturated rings. The number of nitrogens with zero attached hydrogens (tertiary/aromatic N) is 3. The van der Waals surface area contributed by atoms with Crippen LogP contribution in [-0.2, 0) is 9.53 Å². The summed E-state index contributed by atoms with van der Waals surface area (Å²) in [4.78, 5) is 35.6. The molecule has 1 aromatic heterocycles.